The minimum absolute atomic E-state index is 0. The first-order chi connectivity index (χ1) is 2.00. The molecule has 58 valence electrons. The minimum Gasteiger partial charge on any atom is -1.00 e. The average molecular weight is 326 g/mol. The summed E-state index contributed by atoms with van der Waals surface area (Å²) in [7, 11) is -4.67. The molecule has 0 aromatic rings. The average Bonchev–Trinajstić information content (AvgIpc) is 0.722. The van der Waals surface area contributed by atoms with E-state index in [2.05, 4.69) is 0 Å². The Labute approximate surface area is 89.0 Å². The first-order valence-corrected chi connectivity index (χ1v) is 2.10. The van der Waals surface area contributed by atoms with Crippen molar-refractivity contribution in [1.29, 1.82) is 0 Å². The monoisotopic (exact) mass is 324 g/mol. The normalized spacial score (nSPS) is 6.44. The summed E-state index contributed by atoms with van der Waals surface area (Å²) in [5.74, 6) is 0. The molecule has 0 spiro atoms. The first-order valence-electron chi connectivity index (χ1n) is 0.698. The van der Waals surface area contributed by atoms with Gasteiger partial charge < -0.3 is 37.2 Å². The van der Waals surface area contributed by atoms with Gasteiger partial charge >= 0.3 is 34.8 Å². The topological polar surface area (TPSA) is 74.6 Å². The van der Waals surface area contributed by atoms with E-state index >= 15 is 0 Å². The zero-order valence-corrected chi connectivity index (χ0v) is 9.34. The van der Waals surface area contributed by atoms with Gasteiger partial charge in [-0.15, -0.1) is 0 Å². The van der Waals surface area contributed by atoms with E-state index in [0.29, 0.717) is 0 Å². The fourth-order valence-electron chi connectivity index (χ4n) is 0. The quantitative estimate of drug-likeness (QED) is 0.343. The van der Waals surface area contributed by atoms with Crippen LogP contribution >= 0.6 is 0 Å². The SMILES string of the molecule is O=S(=O)(O)O.[Cl-].[Cl-].[Cl-].[Sb+3]. The van der Waals surface area contributed by atoms with E-state index in [1.165, 1.54) is 0 Å². The molecule has 0 atom stereocenters. The van der Waals surface area contributed by atoms with Crippen LogP contribution in [0.25, 0.3) is 0 Å². The number of hydrogen-bond acceptors (Lipinski definition) is 2. The molecule has 0 saturated heterocycles. The summed E-state index contributed by atoms with van der Waals surface area (Å²) in [6.45, 7) is 0. The first kappa shape index (κ1) is 31.2. The summed E-state index contributed by atoms with van der Waals surface area (Å²) in [5, 5.41) is 0. The van der Waals surface area contributed by atoms with E-state index in [-0.39, 0.29) is 61.6 Å². The van der Waals surface area contributed by atoms with Crippen molar-refractivity contribution < 1.29 is 54.7 Å². The van der Waals surface area contributed by atoms with Crippen LogP contribution in [0, 0.1) is 0 Å². The van der Waals surface area contributed by atoms with Gasteiger partial charge in [-0.2, -0.15) is 8.42 Å². The summed E-state index contributed by atoms with van der Waals surface area (Å²) in [6.07, 6.45) is 0. The molecule has 0 bridgehead atoms. The molecule has 2 N–H and O–H groups in total. The Hall–Kier alpha value is 1.56. The van der Waals surface area contributed by atoms with E-state index in [9.17, 15) is 0 Å². The zero-order chi connectivity index (χ0) is 4.50. The van der Waals surface area contributed by atoms with Crippen LogP contribution in [0.15, 0.2) is 0 Å². The minimum atomic E-state index is -4.67. The Balaban J connectivity index is -0.0000000133. The second-order valence-electron chi connectivity index (χ2n) is 0.448. The van der Waals surface area contributed by atoms with Crippen LogP contribution in [0.2, 0.25) is 0 Å². The third-order valence-corrected chi connectivity index (χ3v) is 0. The van der Waals surface area contributed by atoms with Crippen LogP contribution in [-0.4, -0.2) is 42.0 Å². The second-order valence-corrected chi connectivity index (χ2v) is 1.34. The van der Waals surface area contributed by atoms with Crippen LogP contribution < -0.4 is 37.2 Å². The van der Waals surface area contributed by atoms with Gasteiger partial charge in [0.15, 0.2) is 0 Å². The van der Waals surface area contributed by atoms with Crippen molar-refractivity contribution in [3.63, 3.8) is 0 Å². The fourth-order valence-corrected chi connectivity index (χ4v) is 0. The van der Waals surface area contributed by atoms with Gasteiger partial charge in [0.25, 0.3) is 0 Å². The molecule has 4 nitrogen and oxygen atoms in total. The van der Waals surface area contributed by atoms with Gasteiger partial charge in [0, 0.05) is 0 Å². The third kappa shape index (κ3) is 225. The van der Waals surface area contributed by atoms with E-state index in [1.54, 1.807) is 0 Å². The predicted octanol–water partition coefficient (Wildman–Crippen LogP) is -10.0. The summed E-state index contributed by atoms with van der Waals surface area (Å²) in [4.78, 5) is 0. The van der Waals surface area contributed by atoms with Crippen molar-refractivity contribution in [2.24, 2.45) is 0 Å². The zero-order valence-electron chi connectivity index (χ0n) is 3.70. The summed E-state index contributed by atoms with van der Waals surface area (Å²) < 4.78 is 31.6. The van der Waals surface area contributed by atoms with Crippen LogP contribution in [0.4, 0.5) is 0 Å². The standard InChI is InChI=1S/3ClH.H2O4S.Sb/c;;;1-5(2,3)4;/h3*1H;(H2,1,2,3,4);/q;;;;+3/p-3. The third-order valence-electron chi connectivity index (χ3n) is 0. The van der Waals surface area contributed by atoms with Gasteiger partial charge in [-0.05, 0) is 0 Å². The van der Waals surface area contributed by atoms with Gasteiger partial charge in [0.1, 0.15) is 0 Å². The van der Waals surface area contributed by atoms with Crippen LogP contribution in [0.3, 0.4) is 0 Å². The Kier molecular flexibility index (Phi) is 42.5. The van der Waals surface area contributed by atoms with Crippen molar-refractivity contribution in [2.45, 2.75) is 0 Å². The van der Waals surface area contributed by atoms with Crippen molar-refractivity contribution >= 4 is 34.8 Å². The van der Waals surface area contributed by atoms with E-state index in [1.807, 2.05) is 0 Å². The number of rotatable bonds is 0. The smallest absolute Gasteiger partial charge is 1.00 e. The maximum atomic E-state index is 8.74. The van der Waals surface area contributed by atoms with Gasteiger partial charge in [-0.25, -0.2) is 0 Å². The molecule has 0 aliphatic carbocycles. The summed E-state index contributed by atoms with van der Waals surface area (Å²) in [6, 6.07) is 0. The van der Waals surface area contributed by atoms with Crippen LogP contribution in [-0.2, 0) is 10.4 Å². The molecule has 0 saturated carbocycles. The molecule has 0 aromatic carbocycles. The summed E-state index contributed by atoms with van der Waals surface area (Å²) in [5.41, 5.74) is 0. The van der Waals surface area contributed by atoms with E-state index in [4.69, 9.17) is 17.5 Å². The Morgan fingerprint density at radius 1 is 0.889 bits per heavy atom. The van der Waals surface area contributed by atoms with Crippen molar-refractivity contribution in [3.8, 4) is 0 Å². The van der Waals surface area contributed by atoms with Crippen molar-refractivity contribution in [1.82, 2.24) is 0 Å². The Morgan fingerprint density at radius 2 is 0.889 bits per heavy atom. The molecule has 0 aliphatic rings. The molecule has 0 aliphatic heterocycles. The largest absolute Gasteiger partial charge is 3.00 e. The molecule has 0 aromatic heterocycles. The van der Waals surface area contributed by atoms with E-state index < -0.39 is 10.4 Å². The maximum absolute atomic E-state index is 8.74. The molecule has 0 heterocycles. The molecule has 0 unspecified atom stereocenters. The molecular weight excluding hydrogens is 324 g/mol. The molecule has 9 heavy (non-hydrogen) atoms. The fraction of sp³-hybridized carbons (Fsp3) is 0. The number of halogens is 3. The van der Waals surface area contributed by atoms with Gasteiger partial charge in [0.05, 0.1) is 0 Å². The van der Waals surface area contributed by atoms with Crippen LogP contribution in [0.1, 0.15) is 0 Å². The molecule has 0 rings (SSSR count). The molecule has 9 heteroatoms. The second kappa shape index (κ2) is 12.3. The van der Waals surface area contributed by atoms with Crippen molar-refractivity contribution in [2.75, 3.05) is 0 Å². The molecule has 0 amide bonds. The summed E-state index contributed by atoms with van der Waals surface area (Å²) >= 11 is 0. The molecule has 0 fully saturated rings. The van der Waals surface area contributed by atoms with Crippen molar-refractivity contribution in [3.05, 3.63) is 0 Å². The Morgan fingerprint density at radius 3 is 0.889 bits per heavy atom. The van der Waals surface area contributed by atoms with E-state index in [0.717, 1.165) is 0 Å². The molecular formula is H2Cl3O4SSb. The van der Waals surface area contributed by atoms with Gasteiger partial charge in [-0.3, -0.25) is 9.11 Å². The predicted molar refractivity (Wildman–Crippen MR) is 19.9 cm³/mol. The van der Waals surface area contributed by atoms with Crippen LogP contribution in [0.5, 0.6) is 0 Å². The number of hydrogen-bond donors (Lipinski definition) is 2. The molecule has 2 radical (unpaired) electrons. The maximum Gasteiger partial charge on any atom is 3.00 e. The van der Waals surface area contributed by atoms with Gasteiger partial charge in [-0.1, -0.05) is 0 Å². The Bertz CT molecular complexity index is 99.0. The van der Waals surface area contributed by atoms with Gasteiger partial charge in [0.2, 0.25) is 0 Å².